The van der Waals surface area contributed by atoms with Gasteiger partial charge in [-0.2, -0.15) is 0 Å². The summed E-state index contributed by atoms with van der Waals surface area (Å²) in [5.41, 5.74) is 0. The van der Waals surface area contributed by atoms with Crippen LogP contribution in [0.2, 0.25) is 0 Å². The Bertz CT molecular complexity index is 154. The Morgan fingerprint density at radius 1 is 1.82 bits per heavy atom. The number of ether oxygens (including phenoxy) is 1. The Morgan fingerprint density at radius 2 is 2.27 bits per heavy atom. The maximum atomic E-state index is 10.6. The van der Waals surface area contributed by atoms with Crippen molar-refractivity contribution < 1.29 is 49.3 Å². The third-order valence-electron chi connectivity index (χ3n) is 0.996. The van der Waals surface area contributed by atoms with E-state index < -0.39 is 23.0 Å². The summed E-state index contributed by atoms with van der Waals surface area (Å²) in [7, 11) is 1.25. The van der Waals surface area contributed by atoms with Crippen LogP contribution in [0.1, 0.15) is 8.35 Å². The van der Waals surface area contributed by atoms with Gasteiger partial charge in [0.2, 0.25) is 0 Å². The number of carbonyl (C=O) groups is 1. The van der Waals surface area contributed by atoms with Gasteiger partial charge in [-0.15, -0.1) is 0 Å². The number of esters is 1. The van der Waals surface area contributed by atoms with Gasteiger partial charge >= 0.3 is 35.5 Å². The Kier molecular flexibility index (Phi) is 9.30. The fourth-order valence-electron chi connectivity index (χ4n) is 0.483. The molecule has 0 bridgehead atoms. The van der Waals surface area contributed by atoms with E-state index in [1.54, 1.807) is 6.92 Å². The van der Waals surface area contributed by atoms with Crippen LogP contribution in [0.15, 0.2) is 0 Å². The zero-order valence-corrected chi connectivity index (χ0v) is 9.68. The van der Waals surface area contributed by atoms with E-state index in [4.69, 9.17) is 4.55 Å². The standard InChI is InChI=1S/C5H10O4S.Na.H/c1-4(3-10(7)8)5(6)9-2;;/h4H,3H2,1-2H3,(H,7,8);;/q;+1;-1. The summed E-state index contributed by atoms with van der Waals surface area (Å²) in [6.45, 7) is 1.54. The van der Waals surface area contributed by atoms with Gasteiger partial charge in [-0.05, 0) is 0 Å². The number of hydrogen-bond acceptors (Lipinski definition) is 3. The molecule has 0 spiro atoms. The first-order chi connectivity index (χ1) is 4.57. The number of rotatable bonds is 3. The molecule has 0 saturated carbocycles. The number of hydrogen-bond donors (Lipinski definition) is 1. The molecule has 0 heterocycles. The molecule has 0 amide bonds. The molecule has 0 aromatic heterocycles. The molecule has 0 aliphatic heterocycles. The zero-order chi connectivity index (χ0) is 8.15. The van der Waals surface area contributed by atoms with Gasteiger partial charge in [-0.1, -0.05) is 6.92 Å². The van der Waals surface area contributed by atoms with Gasteiger partial charge in [0.25, 0.3) is 0 Å². The van der Waals surface area contributed by atoms with Crippen molar-refractivity contribution in [2.45, 2.75) is 6.92 Å². The first-order valence-electron chi connectivity index (χ1n) is 2.73. The predicted molar refractivity (Wildman–Crippen MR) is 37.9 cm³/mol. The molecule has 0 aliphatic rings. The van der Waals surface area contributed by atoms with Crippen molar-refractivity contribution in [3.8, 4) is 0 Å². The predicted octanol–water partition coefficient (Wildman–Crippen LogP) is -2.87. The topological polar surface area (TPSA) is 63.6 Å². The van der Waals surface area contributed by atoms with E-state index in [1.165, 1.54) is 7.11 Å². The van der Waals surface area contributed by atoms with Gasteiger partial charge in [0.05, 0.1) is 18.8 Å². The summed E-state index contributed by atoms with van der Waals surface area (Å²) in [6, 6.07) is 0. The summed E-state index contributed by atoms with van der Waals surface area (Å²) in [5, 5.41) is 0. The van der Waals surface area contributed by atoms with Gasteiger partial charge < -0.3 is 10.7 Å². The van der Waals surface area contributed by atoms with Crippen LogP contribution in [-0.4, -0.2) is 27.6 Å². The molecule has 1 N–H and O–H groups in total. The Labute approximate surface area is 91.7 Å². The van der Waals surface area contributed by atoms with E-state index in [1.807, 2.05) is 0 Å². The van der Waals surface area contributed by atoms with Gasteiger partial charge in [0, 0.05) is 0 Å². The normalized spacial score (nSPS) is 14.5. The van der Waals surface area contributed by atoms with Crippen LogP contribution < -0.4 is 29.6 Å². The molecule has 0 saturated heterocycles. The monoisotopic (exact) mass is 190 g/mol. The van der Waals surface area contributed by atoms with Crippen molar-refractivity contribution in [1.82, 2.24) is 0 Å². The first-order valence-corrected chi connectivity index (χ1v) is 4.00. The molecule has 0 aliphatic carbocycles. The molecule has 2 unspecified atom stereocenters. The summed E-state index contributed by atoms with van der Waals surface area (Å²) >= 11 is -1.92. The number of methoxy groups -OCH3 is 1. The number of carbonyl (C=O) groups excluding carboxylic acids is 1. The maximum absolute atomic E-state index is 10.6. The molecule has 11 heavy (non-hydrogen) atoms. The molecule has 0 radical (unpaired) electrons. The van der Waals surface area contributed by atoms with Crippen molar-refractivity contribution in [3.63, 3.8) is 0 Å². The average molecular weight is 190 g/mol. The summed E-state index contributed by atoms with van der Waals surface area (Å²) < 4.78 is 22.8. The van der Waals surface area contributed by atoms with Crippen molar-refractivity contribution in [2.75, 3.05) is 12.9 Å². The van der Waals surface area contributed by atoms with Gasteiger partial charge in [-0.25, -0.2) is 4.21 Å². The second kappa shape index (κ2) is 7.24. The second-order valence-corrected chi connectivity index (χ2v) is 2.89. The largest absolute Gasteiger partial charge is 1.00 e. The second-order valence-electron chi connectivity index (χ2n) is 1.91. The molecule has 62 valence electrons. The van der Waals surface area contributed by atoms with Crippen molar-refractivity contribution in [2.24, 2.45) is 5.92 Å². The van der Waals surface area contributed by atoms with E-state index in [2.05, 4.69) is 4.74 Å². The molecular weight excluding hydrogens is 179 g/mol. The Morgan fingerprint density at radius 3 is 2.55 bits per heavy atom. The Balaban J connectivity index is -0.000000405. The van der Waals surface area contributed by atoms with Crippen LogP contribution in [0, 0.1) is 5.92 Å². The van der Waals surface area contributed by atoms with Gasteiger partial charge in [0.1, 0.15) is 0 Å². The summed E-state index contributed by atoms with van der Waals surface area (Å²) in [5.74, 6) is -1.02. The fourth-order valence-corrected chi connectivity index (χ4v) is 1.05. The molecule has 0 fully saturated rings. The van der Waals surface area contributed by atoms with Crippen LogP contribution in [0.4, 0.5) is 0 Å². The van der Waals surface area contributed by atoms with Crippen molar-refractivity contribution >= 4 is 17.0 Å². The molecule has 2 atom stereocenters. The first kappa shape index (κ1) is 14.1. The maximum Gasteiger partial charge on any atom is 1.00 e. The van der Waals surface area contributed by atoms with Crippen molar-refractivity contribution in [3.05, 3.63) is 0 Å². The molecular formula is C5H11NaO4S. The molecule has 0 rings (SSSR count). The minimum absolute atomic E-state index is 0. The van der Waals surface area contributed by atoms with Crippen LogP contribution >= 0.6 is 0 Å². The van der Waals surface area contributed by atoms with E-state index in [0.717, 1.165) is 0 Å². The molecule has 6 heteroatoms. The van der Waals surface area contributed by atoms with Crippen LogP contribution in [-0.2, 0) is 20.6 Å². The quantitative estimate of drug-likeness (QED) is 0.295. The fraction of sp³-hybridized carbons (Fsp3) is 0.800. The minimum Gasteiger partial charge on any atom is -1.00 e. The average Bonchev–Trinajstić information content (AvgIpc) is 1.85. The van der Waals surface area contributed by atoms with E-state index in [-0.39, 0.29) is 36.7 Å². The van der Waals surface area contributed by atoms with Crippen LogP contribution in [0.3, 0.4) is 0 Å². The third-order valence-corrected chi connectivity index (χ3v) is 1.78. The van der Waals surface area contributed by atoms with E-state index in [0.29, 0.717) is 0 Å². The van der Waals surface area contributed by atoms with Crippen molar-refractivity contribution in [1.29, 1.82) is 0 Å². The van der Waals surface area contributed by atoms with Gasteiger partial charge in [-0.3, -0.25) is 4.79 Å². The molecule has 4 nitrogen and oxygen atoms in total. The zero-order valence-electron chi connectivity index (χ0n) is 7.86. The Hall–Kier alpha value is 0.580. The summed E-state index contributed by atoms with van der Waals surface area (Å²) in [6.07, 6.45) is 0. The van der Waals surface area contributed by atoms with Crippen LogP contribution in [0.25, 0.3) is 0 Å². The third kappa shape index (κ3) is 6.96. The summed E-state index contributed by atoms with van der Waals surface area (Å²) in [4.78, 5) is 10.6. The minimum atomic E-state index is -1.92. The van der Waals surface area contributed by atoms with E-state index in [9.17, 15) is 9.00 Å². The van der Waals surface area contributed by atoms with Gasteiger partial charge in [0.15, 0.2) is 11.1 Å². The van der Waals surface area contributed by atoms with Crippen LogP contribution in [0.5, 0.6) is 0 Å². The van der Waals surface area contributed by atoms with E-state index >= 15 is 0 Å². The molecule has 0 aromatic carbocycles. The SMILES string of the molecule is COC(=O)C(C)CS(=O)O.[H-].[Na+]. The smallest absolute Gasteiger partial charge is 1.00 e. The molecule has 0 aromatic rings.